The highest BCUT2D eigenvalue weighted by Crippen LogP contribution is 2.25. The topological polar surface area (TPSA) is 47.6 Å². The van der Waals surface area contributed by atoms with Gasteiger partial charge in [0.15, 0.2) is 0 Å². The highest BCUT2D eigenvalue weighted by atomic mass is 16.5. The molecule has 0 spiro atoms. The molecule has 14 heavy (non-hydrogen) atoms. The summed E-state index contributed by atoms with van der Waals surface area (Å²) < 4.78 is 10.3. The minimum atomic E-state index is -0.527. The number of hydrogen-bond acceptors (Lipinski definition) is 4. The van der Waals surface area contributed by atoms with E-state index in [0.29, 0.717) is 19.4 Å². The van der Waals surface area contributed by atoms with E-state index in [1.165, 1.54) is 7.11 Å². The molecule has 4 heteroatoms. The lowest BCUT2D eigenvalue weighted by molar-refractivity contribution is -0.155. The zero-order chi connectivity index (χ0) is 10.6. The van der Waals surface area contributed by atoms with E-state index in [1.54, 1.807) is 0 Å². The summed E-state index contributed by atoms with van der Waals surface area (Å²) in [5, 5.41) is 3.22. The van der Waals surface area contributed by atoms with Crippen molar-refractivity contribution in [3.05, 3.63) is 0 Å². The van der Waals surface area contributed by atoms with E-state index in [2.05, 4.69) is 5.32 Å². The zero-order valence-electron chi connectivity index (χ0n) is 9.13. The van der Waals surface area contributed by atoms with E-state index < -0.39 is 5.54 Å². The summed E-state index contributed by atoms with van der Waals surface area (Å²) in [5.74, 6) is -0.172. The molecule has 1 aliphatic rings. The maximum Gasteiger partial charge on any atom is 0.326 e. The molecule has 1 aliphatic heterocycles. The number of carbonyl (C=O) groups is 1. The largest absolute Gasteiger partial charge is 0.468 e. The normalized spacial score (nSPS) is 32.6. The number of nitrogens with one attached hydrogen (secondary N) is 1. The van der Waals surface area contributed by atoms with E-state index in [-0.39, 0.29) is 12.1 Å². The quantitative estimate of drug-likeness (QED) is 0.683. The molecule has 0 aromatic heterocycles. The second kappa shape index (κ2) is 4.75. The molecule has 0 aliphatic carbocycles. The smallest absolute Gasteiger partial charge is 0.326 e. The molecule has 1 N–H and O–H groups in total. The van der Waals surface area contributed by atoms with Gasteiger partial charge in [-0.3, -0.25) is 4.79 Å². The Morgan fingerprint density at radius 1 is 1.71 bits per heavy atom. The molecule has 0 aromatic carbocycles. The molecule has 1 fully saturated rings. The first-order valence-corrected chi connectivity index (χ1v) is 5.09. The summed E-state index contributed by atoms with van der Waals surface area (Å²) in [6.07, 6.45) is 1.49. The fourth-order valence-corrected chi connectivity index (χ4v) is 2.04. The van der Waals surface area contributed by atoms with Crippen LogP contribution >= 0.6 is 0 Å². The van der Waals surface area contributed by atoms with Crippen LogP contribution in [0.25, 0.3) is 0 Å². The maximum absolute atomic E-state index is 11.7. The Labute approximate surface area is 85.0 Å². The van der Waals surface area contributed by atoms with Gasteiger partial charge in [0.1, 0.15) is 5.54 Å². The van der Waals surface area contributed by atoms with Gasteiger partial charge in [0.25, 0.3) is 0 Å². The van der Waals surface area contributed by atoms with Gasteiger partial charge in [-0.15, -0.1) is 0 Å². The lowest BCUT2D eigenvalue weighted by atomic mass is 9.87. The number of rotatable bonds is 3. The lowest BCUT2D eigenvalue weighted by Crippen LogP contribution is -2.57. The maximum atomic E-state index is 11.7. The Morgan fingerprint density at radius 3 is 2.93 bits per heavy atom. The zero-order valence-corrected chi connectivity index (χ0v) is 9.13. The molecular formula is C10H19NO3. The Kier molecular flexibility index (Phi) is 3.89. The van der Waals surface area contributed by atoms with Crippen molar-refractivity contribution in [3.8, 4) is 0 Å². The standard InChI is InChI=1S/C10H19NO3/c1-4-11-10(9(12)13-3)5-6-14-8(2)7-10/h8,11H,4-7H2,1-3H3. The van der Waals surface area contributed by atoms with Crippen LogP contribution in [-0.2, 0) is 14.3 Å². The van der Waals surface area contributed by atoms with Crippen LogP contribution in [0.1, 0.15) is 26.7 Å². The number of hydrogen-bond donors (Lipinski definition) is 1. The molecule has 2 unspecified atom stereocenters. The van der Waals surface area contributed by atoms with Crippen molar-refractivity contribution in [2.24, 2.45) is 0 Å². The van der Waals surface area contributed by atoms with Gasteiger partial charge in [-0.25, -0.2) is 0 Å². The number of ether oxygens (including phenoxy) is 2. The molecule has 0 amide bonds. The molecule has 0 bridgehead atoms. The van der Waals surface area contributed by atoms with Gasteiger partial charge in [0, 0.05) is 13.0 Å². The summed E-state index contributed by atoms with van der Waals surface area (Å²) >= 11 is 0. The van der Waals surface area contributed by atoms with Gasteiger partial charge in [0.2, 0.25) is 0 Å². The Hall–Kier alpha value is -0.610. The molecule has 1 rings (SSSR count). The molecular weight excluding hydrogens is 182 g/mol. The lowest BCUT2D eigenvalue weighted by Gasteiger charge is -2.37. The Bertz CT molecular complexity index is 204. The second-order valence-electron chi connectivity index (χ2n) is 3.74. The molecule has 0 radical (unpaired) electrons. The van der Waals surface area contributed by atoms with Gasteiger partial charge in [-0.1, -0.05) is 6.92 Å². The fourth-order valence-electron chi connectivity index (χ4n) is 2.04. The monoisotopic (exact) mass is 201 g/mol. The number of esters is 1. The van der Waals surface area contributed by atoms with Gasteiger partial charge in [-0.05, 0) is 19.9 Å². The van der Waals surface area contributed by atoms with Crippen LogP contribution in [0, 0.1) is 0 Å². The third kappa shape index (κ3) is 2.25. The predicted molar refractivity (Wildman–Crippen MR) is 53.1 cm³/mol. The van der Waals surface area contributed by atoms with Crippen LogP contribution in [0.3, 0.4) is 0 Å². The molecule has 1 heterocycles. The summed E-state index contributed by atoms with van der Waals surface area (Å²) in [6.45, 7) is 5.35. The SMILES string of the molecule is CCNC1(C(=O)OC)CCOC(C)C1. The first-order chi connectivity index (χ1) is 6.64. The van der Waals surface area contributed by atoms with Crippen LogP contribution in [0.4, 0.5) is 0 Å². The molecule has 82 valence electrons. The van der Waals surface area contributed by atoms with Crippen molar-refractivity contribution in [1.82, 2.24) is 5.32 Å². The van der Waals surface area contributed by atoms with Crippen LogP contribution in [0.15, 0.2) is 0 Å². The summed E-state index contributed by atoms with van der Waals surface area (Å²) in [6, 6.07) is 0. The van der Waals surface area contributed by atoms with Gasteiger partial charge >= 0.3 is 5.97 Å². The van der Waals surface area contributed by atoms with E-state index in [9.17, 15) is 4.79 Å². The highest BCUT2D eigenvalue weighted by molar-refractivity contribution is 5.81. The van der Waals surface area contributed by atoms with Crippen LogP contribution in [0.5, 0.6) is 0 Å². The summed E-state index contributed by atoms with van der Waals surface area (Å²) in [4.78, 5) is 11.7. The van der Waals surface area contributed by atoms with E-state index in [1.807, 2.05) is 13.8 Å². The predicted octanol–water partition coefficient (Wildman–Crippen LogP) is 0.707. The van der Waals surface area contributed by atoms with Crippen molar-refractivity contribution in [1.29, 1.82) is 0 Å². The van der Waals surface area contributed by atoms with Crippen molar-refractivity contribution < 1.29 is 14.3 Å². The molecule has 0 saturated carbocycles. The van der Waals surface area contributed by atoms with Crippen LogP contribution in [-0.4, -0.2) is 37.9 Å². The average molecular weight is 201 g/mol. The van der Waals surface area contributed by atoms with E-state index >= 15 is 0 Å². The van der Waals surface area contributed by atoms with Gasteiger partial charge in [0.05, 0.1) is 13.2 Å². The first-order valence-electron chi connectivity index (χ1n) is 5.09. The first kappa shape index (κ1) is 11.5. The molecule has 2 atom stereocenters. The second-order valence-corrected chi connectivity index (χ2v) is 3.74. The van der Waals surface area contributed by atoms with E-state index in [4.69, 9.17) is 9.47 Å². The number of likely N-dealkylation sites (N-methyl/N-ethyl adjacent to an activating group) is 1. The molecule has 0 aromatic rings. The van der Waals surface area contributed by atoms with Crippen molar-refractivity contribution in [3.63, 3.8) is 0 Å². The van der Waals surface area contributed by atoms with Crippen molar-refractivity contribution in [2.45, 2.75) is 38.3 Å². The third-order valence-corrected chi connectivity index (χ3v) is 2.66. The minimum absolute atomic E-state index is 0.113. The van der Waals surface area contributed by atoms with Crippen molar-refractivity contribution in [2.75, 3.05) is 20.3 Å². The van der Waals surface area contributed by atoms with Crippen LogP contribution in [0.2, 0.25) is 0 Å². The average Bonchev–Trinajstić information content (AvgIpc) is 2.17. The minimum Gasteiger partial charge on any atom is -0.468 e. The number of carbonyl (C=O) groups excluding carboxylic acids is 1. The Morgan fingerprint density at radius 2 is 2.43 bits per heavy atom. The Balaban J connectivity index is 2.74. The number of methoxy groups -OCH3 is 1. The fraction of sp³-hybridized carbons (Fsp3) is 0.900. The highest BCUT2D eigenvalue weighted by Gasteiger charge is 2.42. The van der Waals surface area contributed by atoms with Gasteiger partial charge in [-0.2, -0.15) is 0 Å². The van der Waals surface area contributed by atoms with Crippen LogP contribution < -0.4 is 5.32 Å². The third-order valence-electron chi connectivity index (χ3n) is 2.66. The molecule has 4 nitrogen and oxygen atoms in total. The molecule has 1 saturated heterocycles. The van der Waals surface area contributed by atoms with Crippen molar-refractivity contribution >= 4 is 5.97 Å². The van der Waals surface area contributed by atoms with E-state index in [0.717, 1.165) is 6.54 Å². The van der Waals surface area contributed by atoms with Gasteiger partial charge < -0.3 is 14.8 Å². The summed E-state index contributed by atoms with van der Waals surface area (Å²) in [5.41, 5.74) is -0.527. The summed E-state index contributed by atoms with van der Waals surface area (Å²) in [7, 11) is 1.43.